The molecule has 2 aromatic carbocycles. The van der Waals surface area contributed by atoms with Crippen molar-refractivity contribution in [3.63, 3.8) is 0 Å². The van der Waals surface area contributed by atoms with E-state index in [0.29, 0.717) is 17.8 Å². The summed E-state index contributed by atoms with van der Waals surface area (Å²) < 4.78 is 27.0. The van der Waals surface area contributed by atoms with E-state index in [1.165, 1.54) is 4.31 Å². The molecule has 0 saturated carbocycles. The second kappa shape index (κ2) is 8.22. The van der Waals surface area contributed by atoms with Crippen molar-refractivity contribution >= 4 is 43.2 Å². The van der Waals surface area contributed by atoms with Gasteiger partial charge in [0.15, 0.2) is 0 Å². The van der Waals surface area contributed by atoms with Crippen molar-refractivity contribution in [2.75, 3.05) is 15.9 Å². The molecule has 1 unspecified atom stereocenters. The fourth-order valence-electron chi connectivity index (χ4n) is 2.68. The van der Waals surface area contributed by atoms with Crippen molar-refractivity contribution in [3.8, 4) is 0 Å². The van der Waals surface area contributed by atoms with Crippen LogP contribution in [0.3, 0.4) is 0 Å². The zero-order valence-corrected chi connectivity index (χ0v) is 17.7. The van der Waals surface area contributed by atoms with E-state index in [2.05, 4.69) is 21.2 Å². The van der Waals surface area contributed by atoms with Gasteiger partial charge in [0, 0.05) is 10.2 Å². The number of anilines is 2. The molecule has 0 bridgehead atoms. The Balaban J connectivity index is 2.39. The minimum Gasteiger partial charge on any atom is -0.324 e. The standard InChI is InChI=1S/C19H23BrN2O3S/c1-5-18(19(23)21-16-9-7-15(20)8-10-16)22(26(4,24)25)17-11-6-13(2)14(3)12-17/h6-12,18H,5H2,1-4H3,(H,21,23). The van der Waals surface area contributed by atoms with E-state index in [0.717, 1.165) is 21.9 Å². The number of nitrogens with one attached hydrogen (secondary N) is 1. The first-order valence-electron chi connectivity index (χ1n) is 8.26. The van der Waals surface area contributed by atoms with Gasteiger partial charge >= 0.3 is 0 Å². The maximum Gasteiger partial charge on any atom is 0.248 e. The van der Waals surface area contributed by atoms with Gasteiger partial charge in [-0.2, -0.15) is 0 Å². The number of sulfonamides is 1. The lowest BCUT2D eigenvalue weighted by molar-refractivity contribution is -0.117. The number of rotatable bonds is 6. The number of nitrogens with zero attached hydrogens (tertiary/aromatic N) is 1. The van der Waals surface area contributed by atoms with Gasteiger partial charge in [-0.3, -0.25) is 9.10 Å². The van der Waals surface area contributed by atoms with Gasteiger partial charge in [0.2, 0.25) is 15.9 Å². The zero-order valence-electron chi connectivity index (χ0n) is 15.3. The van der Waals surface area contributed by atoms with Crippen molar-refractivity contribution < 1.29 is 13.2 Å². The molecule has 140 valence electrons. The molecule has 0 heterocycles. The molecule has 0 aliphatic heterocycles. The third-order valence-electron chi connectivity index (χ3n) is 4.19. The van der Waals surface area contributed by atoms with Gasteiger partial charge in [0.25, 0.3) is 0 Å². The fraction of sp³-hybridized carbons (Fsp3) is 0.316. The molecular weight excluding hydrogens is 416 g/mol. The van der Waals surface area contributed by atoms with Gasteiger partial charge in [-0.15, -0.1) is 0 Å². The van der Waals surface area contributed by atoms with Crippen LogP contribution in [0.5, 0.6) is 0 Å². The average molecular weight is 439 g/mol. The first-order chi connectivity index (χ1) is 12.1. The van der Waals surface area contributed by atoms with Crippen molar-refractivity contribution in [2.45, 2.75) is 33.2 Å². The van der Waals surface area contributed by atoms with Gasteiger partial charge in [-0.05, 0) is 67.8 Å². The Hall–Kier alpha value is -1.86. The molecule has 1 amide bonds. The normalized spacial score (nSPS) is 12.5. The number of hydrogen-bond acceptors (Lipinski definition) is 3. The van der Waals surface area contributed by atoms with Crippen LogP contribution in [0.4, 0.5) is 11.4 Å². The van der Waals surface area contributed by atoms with Crippen LogP contribution >= 0.6 is 15.9 Å². The molecule has 0 spiro atoms. The highest BCUT2D eigenvalue weighted by Crippen LogP contribution is 2.26. The average Bonchev–Trinajstić information content (AvgIpc) is 2.56. The fourth-order valence-corrected chi connectivity index (χ4v) is 4.15. The first-order valence-corrected chi connectivity index (χ1v) is 10.9. The quantitative estimate of drug-likeness (QED) is 0.732. The van der Waals surface area contributed by atoms with Crippen molar-refractivity contribution in [1.29, 1.82) is 0 Å². The summed E-state index contributed by atoms with van der Waals surface area (Å²) in [5.41, 5.74) is 3.15. The molecule has 26 heavy (non-hydrogen) atoms. The largest absolute Gasteiger partial charge is 0.324 e. The third-order valence-corrected chi connectivity index (χ3v) is 5.90. The number of carbonyl (C=O) groups excluding carboxylic acids is 1. The Morgan fingerprint density at radius 3 is 2.23 bits per heavy atom. The molecule has 2 rings (SSSR count). The second-order valence-corrected chi connectivity index (χ2v) is 9.02. The van der Waals surface area contributed by atoms with Crippen molar-refractivity contribution in [3.05, 3.63) is 58.1 Å². The van der Waals surface area contributed by atoms with Crippen LogP contribution < -0.4 is 9.62 Å². The van der Waals surface area contributed by atoms with Gasteiger partial charge in [-0.25, -0.2) is 8.42 Å². The topological polar surface area (TPSA) is 66.5 Å². The van der Waals surface area contributed by atoms with E-state index in [1.807, 2.05) is 32.0 Å². The van der Waals surface area contributed by atoms with Crippen LogP contribution in [0.25, 0.3) is 0 Å². The highest BCUT2D eigenvalue weighted by Gasteiger charge is 2.31. The molecule has 2 aromatic rings. The van der Waals surface area contributed by atoms with Crippen LogP contribution in [0.15, 0.2) is 46.9 Å². The smallest absolute Gasteiger partial charge is 0.248 e. The molecule has 0 radical (unpaired) electrons. The number of carbonyl (C=O) groups is 1. The summed E-state index contributed by atoms with van der Waals surface area (Å²) in [5, 5.41) is 2.80. The van der Waals surface area contributed by atoms with E-state index in [1.54, 1.807) is 31.2 Å². The summed E-state index contributed by atoms with van der Waals surface area (Å²) in [6, 6.07) is 11.7. The second-order valence-electron chi connectivity index (χ2n) is 6.25. The van der Waals surface area contributed by atoms with Crippen LogP contribution in [-0.2, 0) is 14.8 Å². The molecule has 0 aromatic heterocycles. The molecule has 5 nitrogen and oxygen atoms in total. The van der Waals surface area contributed by atoms with Crippen LogP contribution in [0.1, 0.15) is 24.5 Å². The summed E-state index contributed by atoms with van der Waals surface area (Å²) in [7, 11) is -3.64. The Morgan fingerprint density at radius 2 is 1.73 bits per heavy atom. The van der Waals surface area contributed by atoms with Gasteiger partial charge < -0.3 is 5.32 Å². The molecule has 7 heteroatoms. The van der Waals surface area contributed by atoms with E-state index in [4.69, 9.17) is 0 Å². The maximum atomic E-state index is 12.8. The van der Waals surface area contributed by atoms with E-state index in [-0.39, 0.29) is 5.91 Å². The Morgan fingerprint density at radius 1 is 1.12 bits per heavy atom. The van der Waals surface area contributed by atoms with Crippen LogP contribution in [0, 0.1) is 13.8 Å². The predicted octanol–water partition coefficient (Wildman–Crippen LogP) is 4.25. The van der Waals surface area contributed by atoms with Crippen LogP contribution in [-0.4, -0.2) is 26.6 Å². The number of aryl methyl sites for hydroxylation is 2. The highest BCUT2D eigenvalue weighted by atomic mass is 79.9. The van der Waals surface area contributed by atoms with Crippen molar-refractivity contribution in [2.24, 2.45) is 0 Å². The van der Waals surface area contributed by atoms with E-state index < -0.39 is 16.1 Å². The zero-order chi connectivity index (χ0) is 19.5. The molecule has 0 saturated heterocycles. The summed E-state index contributed by atoms with van der Waals surface area (Å²) >= 11 is 3.35. The number of hydrogen-bond donors (Lipinski definition) is 1. The van der Waals surface area contributed by atoms with Crippen molar-refractivity contribution in [1.82, 2.24) is 0 Å². The van der Waals surface area contributed by atoms with E-state index in [9.17, 15) is 13.2 Å². The summed E-state index contributed by atoms with van der Waals surface area (Å²) in [5.74, 6) is -0.363. The third kappa shape index (κ3) is 4.86. The number of halogens is 1. The predicted molar refractivity (Wildman–Crippen MR) is 110 cm³/mol. The summed E-state index contributed by atoms with van der Waals surface area (Å²) in [6.07, 6.45) is 1.47. The lowest BCUT2D eigenvalue weighted by Crippen LogP contribution is -2.47. The number of amides is 1. The molecule has 1 atom stereocenters. The maximum absolute atomic E-state index is 12.8. The first kappa shape index (κ1) is 20.5. The lowest BCUT2D eigenvalue weighted by atomic mass is 10.1. The number of benzene rings is 2. The van der Waals surface area contributed by atoms with Gasteiger partial charge in [0.05, 0.1) is 11.9 Å². The monoisotopic (exact) mass is 438 g/mol. The molecule has 1 N–H and O–H groups in total. The molecule has 0 aliphatic carbocycles. The Bertz CT molecular complexity index is 896. The van der Waals surface area contributed by atoms with Crippen LogP contribution in [0.2, 0.25) is 0 Å². The minimum atomic E-state index is -3.64. The molecular formula is C19H23BrN2O3S. The Kier molecular flexibility index (Phi) is 6.47. The van der Waals surface area contributed by atoms with E-state index >= 15 is 0 Å². The van der Waals surface area contributed by atoms with Gasteiger partial charge in [0.1, 0.15) is 6.04 Å². The van der Waals surface area contributed by atoms with Gasteiger partial charge in [-0.1, -0.05) is 28.9 Å². The SMILES string of the molecule is CCC(C(=O)Nc1ccc(Br)cc1)N(c1ccc(C)c(C)c1)S(C)(=O)=O. The molecule has 0 aliphatic rings. The summed E-state index contributed by atoms with van der Waals surface area (Å²) in [6.45, 7) is 5.68. The Labute approximate surface area is 163 Å². The summed E-state index contributed by atoms with van der Waals surface area (Å²) in [4.78, 5) is 12.8. The highest BCUT2D eigenvalue weighted by molar-refractivity contribution is 9.10. The molecule has 0 fully saturated rings. The lowest BCUT2D eigenvalue weighted by Gasteiger charge is -2.30. The minimum absolute atomic E-state index is 0.350.